The number of carbonyl (C=O) groups is 2. The molecule has 1 fully saturated rings. The molecule has 1 aliphatic rings. The van der Waals surface area contributed by atoms with Crippen LogP contribution in [0, 0.1) is 17.8 Å². The van der Waals surface area contributed by atoms with Crippen LogP contribution in [-0.4, -0.2) is 17.9 Å². The van der Waals surface area contributed by atoms with E-state index in [9.17, 15) is 9.59 Å². The second kappa shape index (κ2) is 5.32. The smallest absolute Gasteiger partial charge is 0.239 e. The maximum atomic E-state index is 11.9. The van der Waals surface area contributed by atoms with Crippen molar-refractivity contribution >= 4 is 11.8 Å². The summed E-state index contributed by atoms with van der Waals surface area (Å²) >= 11 is 0. The second-order valence-electron chi connectivity index (χ2n) is 5.25. The summed E-state index contributed by atoms with van der Waals surface area (Å²) in [6, 6.07) is -0.569. The second-order valence-corrected chi connectivity index (χ2v) is 5.25. The minimum atomic E-state index is -0.569. The highest BCUT2D eigenvalue weighted by atomic mass is 16.2. The average Bonchev–Trinajstić information content (AvgIpc) is 2.15. The Hall–Kier alpha value is -1.06. The summed E-state index contributed by atoms with van der Waals surface area (Å²) in [5, 5.41) is 2.68. The van der Waals surface area contributed by atoms with Crippen LogP contribution in [0.25, 0.3) is 0 Å². The molecule has 4 heteroatoms. The van der Waals surface area contributed by atoms with Crippen LogP contribution in [0.2, 0.25) is 0 Å². The van der Waals surface area contributed by atoms with Crippen LogP contribution < -0.4 is 11.1 Å². The lowest BCUT2D eigenvalue weighted by atomic mass is 9.76. The molecule has 2 amide bonds. The first-order chi connectivity index (χ1) is 7.40. The third kappa shape index (κ3) is 3.51. The number of hydrogen-bond donors (Lipinski definition) is 2. The van der Waals surface area contributed by atoms with Crippen molar-refractivity contribution in [2.24, 2.45) is 23.5 Å². The van der Waals surface area contributed by atoms with Crippen molar-refractivity contribution in [3.63, 3.8) is 0 Å². The van der Waals surface area contributed by atoms with Crippen molar-refractivity contribution in [3.8, 4) is 0 Å². The van der Waals surface area contributed by atoms with Gasteiger partial charge in [0, 0.05) is 5.92 Å². The van der Waals surface area contributed by atoms with Crippen molar-refractivity contribution in [1.29, 1.82) is 0 Å². The van der Waals surface area contributed by atoms with Crippen molar-refractivity contribution in [2.45, 2.75) is 46.1 Å². The molecule has 0 saturated heterocycles. The molecule has 92 valence electrons. The Labute approximate surface area is 97.0 Å². The van der Waals surface area contributed by atoms with Gasteiger partial charge in [-0.25, -0.2) is 0 Å². The molecule has 0 aromatic heterocycles. The third-order valence-electron chi connectivity index (χ3n) is 3.33. The van der Waals surface area contributed by atoms with E-state index >= 15 is 0 Å². The van der Waals surface area contributed by atoms with Crippen LogP contribution >= 0.6 is 0 Å². The molecule has 2 unspecified atom stereocenters. The fourth-order valence-corrected chi connectivity index (χ4v) is 2.56. The van der Waals surface area contributed by atoms with Gasteiger partial charge in [0.05, 0.1) is 0 Å². The number of carbonyl (C=O) groups excluding carboxylic acids is 2. The van der Waals surface area contributed by atoms with Crippen LogP contribution in [0.5, 0.6) is 0 Å². The average molecular weight is 226 g/mol. The largest absolute Gasteiger partial charge is 0.368 e. The highest BCUT2D eigenvalue weighted by molar-refractivity contribution is 5.87. The van der Waals surface area contributed by atoms with Gasteiger partial charge in [0.25, 0.3) is 0 Å². The SMILES string of the molecule is CC1CC(C)CC(C(=O)N[C@@H](C)C(N)=O)C1. The molecule has 0 bridgehead atoms. The summed E-state index contributed by atoms with van der Waals surface area (Å²) in [6.07, 6.45) is 3.03. The van der Waals surface area contributed by atoms with E-state index in [0.717, 1.165) is 12.8 Å². The number of primary amides is 1. The Morgan fingerprint density at radius 3 is 2.12 bits per heavy atom. The van der Waals surface area contributed by atoms with E-state index in [1.807, 2.05) is 0 Å². The summed E-state index contributed by atoms with van der Waals surface area (Å²) in [5.41, 5.74) is 5.11. The van der Waals surface area contributed by atoms with E-state index in [1.165, 1.54) is 6.42 Å². The van der Waals surface area contributed by atoms with E-state index in [1.54, 1.807) is 6.92 Å². The van der Waals surface area contributed by atoms with Gasteiger partial charge in [-0.15, -0.1) is 0 Å². The number of hydrogen-bond acceptors (Lipinski definition) is 2. The molecular formula is C12H22N2O2. The minimum absolute atomic E-state index is 0.0234. The molecule has 4 nitrogen and oxygen atoms in total. The van der Waals surface area contributed by atoms with E-state index in [0.29, 0.717) is 11.8 Å². The van der Waals surface area contributed by atoms with E-state index in [4.69, 9.17) is 5.73 Å². The lowest BCUT2D eigenvalue weighted by Crippen LogP contribution is -2.45. The van der Waals surface area contributed by atoms with Crippen LogP contribution in [0.15, 0.2) is 0 Å². The quantitative estimate of drug-likeness (QED) is 0.755. The Bertz CT molecular complexity index is 268. The van der Waals surface area contributed by atoms with E-state index < -0.39 is 11.9 Å². The molecule has 1 aliphatic carbocycles. The molecule has 3 atom stereocenters. The summed E-state index contributed by atoms with van der Waals surface area (Å²) in [6.45, 7) is 5.97. The fourth-order valence-electron chi connectivity index (χ4n) is 2.56. The molecule has 1 saturated carbocycles. The van der Waals surface area contributed by atoms with Gasteiger partial charge in [0.2, 0.25) is 11.8 Å². The Kier molecular flexibility index (Phi) is 4.33. The van der Waals surface area contributed by atoms with Crippen molar-refractivity contribution in [2.75, 3.05) is 0 Å². The molecule has 16 heavy (non-hydrogen) atoms. The fraction of sp³-hybridized carbons (Fsp3) is 0.833. The van der Waals surface area contributed by atoms with Crippen LogP contribution in [0.1, 0.15) is 40.0 Å². The number of amides is 2. The number of rotatable bonds is 3. The topological polar surface area (TPSA) is 72.2 Å². The number of nitrogens with one attached hydrogen (secondary N) is 1. The normalized spacial score (nSPS) is 31.8. The lowest BCUT2D eigenvalue weighted by Gasteiger charge is -2.31. The first-order valence-electron chi connectivity index (χ1n) is 5.99. The van der Waals surface area contributed by atoms with Crippen molar-refractivity contribution < 1.29 is 9.59 Å². The molecule has 0 aromatic carbocycles. The van der Waals surface area contributed by atoms with Gasteiger partial charge in [-0.2, -0.15) is 0 Å². The van der Waals surface area contributed by atoms with E-state index in [2.05, 4.69) is 19.2 Å². The standard InChI is InChI=1S/C12H22N2O2/c1-7-4-8(2)6-10(5-7)12(16)14-9(3)11(13)15/h7-10H,4-6H2,1-3H3,(H2,13,15)(H,14,16)/t7?,8?,9-,10?/m0/s1. The monoisotopic (exact) mass is 226 g/mol. The van der Waals surface area contributed by atoms with Crippen LogP contribution in [-0.2, 0) is 9.59 Å². The Morgan fingerprint density at radius 2 is 1.69 bits per heavy atom. The lowest BCUT2D eigenvalue weighted by molar-refractivity contribution is -0.131. The maximum Gasteiger partial charge on any atom is 0.239 e. The van der Waals surface area contributed by atoms with Gasteiger partial charge < -0.3 is 11.1 Å². The molecule has 0 spiro atoms. The van der Waals surface area contributed by atoms with Gasteiger partial charge in [-0.3, -0.25) is 9.59 Å². The van der Waals surface area contributed by atoms with Gasteiger partial charge >= 0.3 is 0 Å². The minimum Gasteiger partial charge on any atom is -0.368 e. The molecule has 0 aromatic rings. The third-order valence-corrected chi connectivity index (χ3v) is 3.33. The Balaban J connectivity index is 2.50. The van der Waals surface area contributed by atoms with Crippen molar-refractivity contribution in [3.05, 3.63) is 0 Å². The molecule has 0 radical (unpaired) electrons. The molecule has 0 heterocycles. The van der Waals surface area contributed by atoms with Gasteiger partial charge in [-0.05, 0) is 38.0 Å². The van der Waals surface area contributed by atoms with Gasteiger partial charge in [-0.1, -0.05) is 13.8 Å². The summed E-state index contributed by atoms with van der Waals surface area (Å²) in [5.74, 6) is 0.710. The molecule has 1 rings (SSSR count). The zero-order chi connectivity index (χ0) is 12.3. The van der Waals surface area contributed by atoms with Gasteiger partial charge in [0.1, 0.15) is 6.04 Å². The number of nitrogens with two attached hydrogens (primary N) is 1. The van der Waals surface area contributed by atoms with Crippen LogP contribution in [0.3, 0.4) is 0 Å². The molecule has 3 N–H and O–H groups in total. The van der Waals surface area contributed by atoms with Crippen molar-refractivity contribution in [1.82, 2.24) is 5.32 Å². The van der Waals surface area contributed by atoms with Gasteiger partial charge in [0.15, 0.2) is 0 Å². The Morgan fingerprint density at radius 1 is 1.19 bits per heavy atom. The first-order valence-corrected chi connectivity index (χ1v) is 5.99. The highest BCUT2D eigenvalue weighted by Gasteiger charge is 2.29. The highest BCUT2D eigenvalue weighted by Crippen LogP contribution is 2.32. The zero-order valence-corrected chi connectivity index (χ0v) is 10.3. The maximum absolute atomic E-state index is 11.9. The molecule has 0 aliphatic heterocycles. The summed E-state index contributed by atoms with van der Waals surface area (Å²) in [7, 11) is 0. The van der Waals surface area contributed by atoms with E-state index in [-0.39, 0.29) is 11.8 Å². The predicted octanol–water partition coefficient (Wildman–Crippen LogP) is 1.05. The summed E-state index contributed by atoms with van der Waals surface area (Å²) in [4.78, 5) is 22.7. The predicted molar refractivity (Wildman–Crippen MR) is 62.5 cm³/mol. The van der Waals surface area contributed by atoms with Crippen LogP contribution in [0.4, 0.5) is 0 Å². The zero-order valence-electron chi connectivity index (χ0n) is 10.3. The summed E-state index contributed by atoms with van der Waals surface area (Å²) < 4.78 is 0. The molecular weight excluding hydrogens is 204 g/mol. The first kappa shape index (κ1) is 13.0.